The SMILES string of the molecule is C=CS(=O)(=O)c1ccc(CCNc2nc(NCCOS(=O)(=O)O)c(N=Nc3ccc(N=Nc4ccc(S(=O)(=O)O)cc4)cc3S(=O)(=O)O)c(C)c2C#N)cc1. The largest absolute Gasteiger partial charge is 0.397 e. The monoisotopic (exact) mass is 834 g/mol. The summed E-state index contributed by atoms with van der Waals surface area (Å²) < 4.78 is 126. The Morgan fingerprint density at radius 1 is 0.782 bits per heavy atom. The van der Waals surface area contributed by atoms with Gasteiger partial charge in [-0.1, -0.05) is 18.7 Å². The van der Waals surface area contributed by atoms with Crippen molar-refractivity contribution in [1.82, 2.24) is 4.98 Å². The van der Waals surface area contributed by atoms with E-state index in [0.29, 0.717) is 6.42 Å². The number of rotatable bonds is 17. The summed E-state index contributed by atoms with van der Waals surface area (Å²) in [7, 11) is -17.8. The first-order valence-corrected chi connectivity index (χ1v) is 21.0. The summed E-state index contributed by atoms with van der Waals surface area (Å²) in [5, 5.41) is 32.5. The third-order valence-corrected chi connectivity index (χ3v) is 10.8. The lowest BCUT2D eigenvalue weighted by molar-refractivity contribution is 0.278. The number of nitrogens with zero attached hydrogens (tertiary/aromatic N) is 6. The van der Waals surface area contributed by atoms with E-state index in [1.54, 1.807) is 12.1 Å². The molecule has 1 heterocycles. The summed E-state index contributed by atoms with van der Waals surface area (Å²) in [5.74, 6) is -0.0246. The Hall–Kier alpha value is -5.52. The number of nitriles is 1. The second-order valence-electron chi connectivity index (χ2n) is 11.0. The van der Waals surface area contributed by atoms with E-state index >= 15 is 0 Å². The number of pyridine rings is 1. The van der Waals surface area contributed by atoms with Gasteiger partial charge in [-0.15, -0.1) is 10.2 Å². The molecule has 0 spiro atoms. The van der Waals surface area contributed by atoms with Crippen LogP contribution in [0.15, 0.2) is 114 Å². The van der Waals surface area contributed by atoms with E-state index in [0.717, 1.165) is 35.2 Å². The lowest BCUT2D eigenvalue weighted by atomic mass is 10.1. The van der Waals surface area contributed by atoms with Crippen molar-refractivity contribution >= 4 is 74.9 Å². The third-order valence-electron chi connectivity index (χ3n) is 7.23. The molecule has 0 saturated carbocycles. The van der Waals surface area contributed by atoms with E-state index in [4.69, 9.17) is 9.11 Å². The number of azo groups is 2. The molecule has 4 rings (SSSR count). The van der Waals surface area contributed by atoms with Gasteiger partial charge in [-0.25, -0.2) is 17.6 Å². The highest BCUT2D eigenvalue weighted by Gasteiger charge is 2.20. The highest BCUT2D eigenvalue weighted by Crippen LogP contribution is 2.37. The molecule has 3 aromatic carbocycles. The Bertz CT molecular complexity index is 2650. The van der Waals surface area contributed by atoms with E-state index in [9.17, 15) is 43.5 Å². The maximum absolute atomic E-state index is 12.3. The molecule has 0 aliphatic carbocycles. The second kappa shape index (κ2) is 17.3. The molecule has 1 aromatic heterocycles. The van der Waals surface area contributed by atoms with Crippen LogP contribution < -0.4 is 10.6 Å². The molecule has 0 fully saturated rings. The van der Waals surface area contributed by atoms with Crippen molar-refractivity contribution in [3.63, 3.8) is 0 Å². The third kappa shape index (κ3) is 11.7. The van der Waals surface area contributed by atoms with Crippen LogP contribution in [0.1, 0.15) is 16.7 Å². The number of anilines is 2. The summed E-state index contributed by atoms with van der Waals surface area (Å²) in [6.07, 6.45) is 0.362. The van der Waals surface area contributed by atoms with E-state index in [2.05, 4.69) is 46.8 Å². The molecule has 20 nitrogen and oxygen atoms in total. The first kappa shape index (κ1) is 42.2. The molecule has 0 aliphatic heterocycles. The maximum atomic E-state index is 12.3. The Morgan fingerprint density at radius 3 is 1.96 bits per heavy atom. The van der Waals surface area contributed by atoms with Gasteiger partial charge >= 0.3 is 10.4 Å². The molecule has 290 valence electrons. The Morgan fingerprint density at radius 2 is 1.38 bits per heavy atom. The number of nitrogens with one attached hydrogen (secondary N) is 2. The van der Waals surface area contributed by atoms with Crippen LogP contribution in [0, 0.1) is 18.3 Å². The zero-order valence-corrected chi connectivity index (χ0v) is 31.6. The fourth-order valence-corrected chi connectivity index (χ4v) is 6.67. The Kier molecular flexibility index (Phi) is 13.3. The van der Waals surface area contributed by atoms with Gasteiger partial charge in [0.15, 0.2) is 15.7 Å². The minimum atomic E-state index is -4.96. The molecule has 4 aromatic rings. The zero-order valence-electron chi connectivity index (χ0n) is 28.3. The molecule has 0 unspecified atom stereocenters. The molecule has 5 N–H and O–H groups in total. The molecule has 0 saturated heterocycles. The van der Waals surface area contributed by atoms with Crippen LogP contribution in [0.4, 0.5) is 34.4 Å². The van der Waals surface area contributed by atoms with Gasteiger partial charge in [0.1, 0.15) is 28.2 Å². The fraction of sp³-hybridized carbons (Fsp3) is 0.161. The van der Waals surface area contributed by atoms with Crippen LogP contribution in [0.5, 0.6) is 0 Å². The minimum Gasteiger partial charge on any atom is -0.369 e. The van der Waals surface area contributed by atoms with Gasteiger partial charge in [-0.05, 0) is 73.5 Å². The smallest absolute Gasteiger partial charge is 0.369 e. The van der Waals surface area contributed by atoms with Gasteiger partial charge in [0, 0.05) is 24.1 Å². The molecular formula is C31H30N8O12S4. The molecule has 55 heavy (non-hydrogen) atoms. The van der Waals surface area contributed by atoms with Crippen LogP contribution in [0.2, 0.25) is 0 Å². The van der Waals surface area contributed by atoms with Gasteiger partial charge in [-0.2, -0.15) is 40.7 Å². The van der Waals surface area contributed by atoms with Crippen LogP contribution in [0.25, 0.3) is 0 Å². The molecular weight excluding hydrogens is 805 g/mol. The van der Waals surface area contributed by atoms with Gasteiger partial charge in [0.05, 0.1) is 33.3 Å². The predicted molar refractivity (Wildman–Crippen MR) is 197 cm³/mol. The van der Waals surface area contributed by atoms with E-state index in [-0.39, 0.29) is 68.4 Å². The Balaban J connectivity index is 1.66. The van der Waals surface area contributed by atoms with E-state index < -0.39 is 52.0 Å². The fourth-order valence-electron chi connectivity index (χ4n) is 4.55. The van der Waals surface area contributed by atoms with Gasteiger partial charge in [0.2, 0.25) is 0 Å². The van der Waals surface area contributed by atoms with Crippen LogP contribution in [0.3, 0.4) is 0 Å². The van der Waals surface area contributed by atoms with Crippen LogP contribution in [-0.2, 0) is 51.1 Å². The number of aromatic nitrogens is 1. The van der Waals surface area contributed by atoms with Crippen molar-refractivity contribution in [2.75, 3.05) is 30.3 Å². The van der Waals surface area contributed by atoms with Crippen LogP contribution >= 0.6 is 0 Å². The molecule has 0 atom stereocenters. The normalized spacial score (nSPS) is 12.5. The summed E-state index contributed by atoms with van der Waals surface area (Å²) in [6.45, 7) is 4.15. The van der Waals surface area contributed by atoms with Crippen molar-refractivity contribution in [2.45, 2.75) is 28.0 Å². The van der Waals surface area contributed by atoms with Crippen molar-refractivity contribution in [2.24, 2.45) is 20.5 Å². The van der Waals surface area contributed by atoms with E-state index in [1.165, 1.54) is 37.3 Å². The summed E-state index contributed by atoms with van der Waals surface area (Å²) >= 11 is 0. The lowest BCUT2D eigenvalue weighted by Crippen LogP contribution is -2.16. The lowest BCUT2D eigenvalue weighted by Gasteiger charge is -2.15. The second-order valence-corrected chi connectivity index (χ2v) is 16.8. The molecule has 0 amide bonds. The molecule has 0 aliphatic rings. The topological polar surface area (TPSA) is 317 Å². The minimum absolute atomic E-state index is 0.00325. The number of hydrogen-bond acceptors (Lipinski definition) is 17. The number of benzene rings is 3. The zero-order chi connectivity index (χ0) is 40.6. The van der Waals surface area contributed by atoms with Gasteiger partial charge in [0.25, 0.3) is 20.2 Å². The maximum Gasteiger partial charge on any atom is 0.397 e. The summed E-state index contributed by atoms with van der Waals surface area (Å²) in [6, 6.07) is 16.0. The average molecular weight is 835 g/mol. The van der Waals surface area contributed by atoms with Crippen molar-refractivity contribution in [1.29, 1.82) is 5.26 Å². The highest BCUT2D eigenvalue weighted by atomic mass is 32.3. The predicted octanol–water partition coefficient (Wildman–Crippen LogP) is 5.39. The molecule has 24 heteroatoms. The standard InChI is InChI=1S/C31H30N8O12S4/c1-3-52(40,41)24-9-4-21(5-10-24)14-15-33-30-26(19-32)20(2)29(31(35-30)34-16-17-51-55(48,49)50)39-38-27-13-8-23(18-28(27)54(45,46)47)37-36-22-6-11-25(12-7-22)53(42,43)44/h3-13,18H,1,14-17H2,2H3,(H2,33,34,35)(H,42,43,44)(H,45,46,47)(H,48,49,50). The van der Waals surface area contributed by atoms with Crippen molar-refractivity contribution in [3.8, 4) is 6.07 Å². The highest BCUT2D eigenvalue weighted by molar-refractivity contribution is 7.94. The summed E-state index contributed by atoms with van der Waals surface area (Å²) in [5.41, 5.74) is 0.489. The van der Waals surface area contributed by atoms with Crippen LogP contribution in [-0.4, -0.2) is 72.0 Å². The number of sulfone groups is 1. The summed E-state index contributed by atoms with van der Waals surface area (Å²) in [4.78, 5) is 3.33. The van der Waals surface area contributed by atoms with Crippen molar-refractivity contribution < 1.29 is 51.5 Å². The molecule has 0 radical (unpaired) electrons. The Labute approximate surface area is 315 Å². The van der Waals surface area contributed by atoms with Crippen molar-refractivity contribution in [3.05, 3.63) is 95.4 Å². The average Bonchev–Trinajstić information content (AvgIpc) is 3.11. The first-order valence-electron chi connectivity index (χ1n) is 15.2. The molecule has 0 bridgehead atoms. The quantitative estimate of drug-likeness (QED) is 0.0506. The number of hydrogen-bond donors (Lipinski definition) is 5. The van der Waals surface area contributed by atoms with E-state index in [1.807, 2.05) is 6.07 Å². The van der Waals surface area contributed by atoms with Gasteiger partial charge in [-0.3, -0.25) is 13.7 Å². The first-order chi connectivity index (χ1) is 25.7. The van der Waals surface area contributed by atoms with Gasteiger partial charge < -0.3 is 10.6 Å².